The highest BCUT2D eigenvalue weighted by Crippen LogP contribution is 2.11. The monoisotopic (exact) mass is 199 g/mol. The van der Waals surface area contributed by atoms with Crippen LogP contribution in [0.2, 0.25) is 0 Å². The Kier molecular flexibility index (Phi) is 2.88. The average molecular weight is 199 g/mol. The Hall–Kier alpha value is -0.810. The van der Waals surface area contributed by atoms with E-state index >= 15 is 0 Å². The molecule has 2 rings (SSSR count). The molecule has 1 unspecified atom stereocenters. The third-order valence-electron chi connectivity index (χ3n) is 3.14. The third kappa shape index (κ3) is 1.99. The van der Waals surface area contributed by atoms with Crippen molar-refractivity contribution in [2.24, 2.45) is 0 Å². The van der Waals surface area contributed by atoms with E-state index in [0.717, 1.165) is 26.2 Å². The number of carbonyl (C=O) groups is 1. The summed E-state index contributed by atoms with van der Waals surface area (Å²) in [7, 11) is 0. The van der Waals surface area contributed by atoms with Crippen LogP contribution in [0.25, 0.3) is 0 Å². The number of hydrogen-bond donors (Lipinski definition) is 2. The minimum atomic E-state index is -0.783. The molecule has 2 aliphatic rings. The molecule has 0 aromatic carbocycles. The molecule has 1 atom stereocenters. The molecule has 2 N–H and O–H groups in total. The van der Waals surface area contributed by atoms with Gasteiger partial charge < -0.3 is 15.3 Å². The van der Waals surface area contributed by atoms with Crippen molar-refractivity contribution in [1.82, 2.24) is 15.1 Å². The van der Waals surface area contributed by atoms with Crippen molar-refractivity contribution in [3.8, 4) is 0 Å². The quantitative estimate of drug-likeness (QED) is 0.606. The lowest BCUT2D eigenvalue weighted by Gasteiger charge is -2.36. The van der Waals surface area contributed by atoms with E-state index in [1.807, 2.05) is 0 Å². The first kappa shape index (κ1) is 9.73. The molecular weight excluding hydrogens is 182 g/mol. The summed E-state index contributed by atoms with van der Waals surface area (Å²) in [5.41, 5.74) is 0. The van der Waals surface area contributed by atoms with Gasteiger partial charge >= 0.3 is 6.09 Å². The van der Waals surface area contributed by atoms with Gasteiger partial charge in [-0.25, -0.2) is 4.79 Å². The van der Waals surface area contributed by atoms with Gasteiger partial charge in [0.05, 0.1) is 0 Å². The van der Waals surface area contributed by atoms with E-state index in [4.69, 9.17) is 5.11 Å². The lowest BCUT2D eigenvalue weighted by molar-refractivity contribution is 0.0891. The first-order valence-corrected chi connectivity index (χ1v) is 5.20. The summed E-state index contributed by atoms with van der Waals surface area (Å²) in [5.74, 6) is 0. The topological polar surface area (TPSA) is 55.8 Å². The molecule has 0 aromatic heterocycles. The predicted octanol–water partition coefficient (Wildman–Crippen LogP) is -0.356. The van der Waals surface area contributed by atoms with Crippen molar-refractivity contribution in [3.63, 3.8) is 0 Å². The average Bonchev–Trinajstić information content (AvgIpc) is 2.71. The Morgan fingerprint density at radius 3 is 2.50 bits per heavy atom. The van der Waals surface area contributed by atoms with Gasteiger partial charge in [-0.1, -0.05) is 0 Å². The van der Waals surface area contributed by atoms with Crippen LogP contribution >= 0.6 is 0 Å². The molecular formula is C9H17N3O2. The summed E-state index contributed by atoms with van der Waals surface area (Å²) in [6, 6.07) is 0.631. The second kappa shape index (κ2) is 4.14. The zero-order valence-corrected chi connectivity index (χ0v) is 8.28. The molecule has 0 saturated carbocycles. The van der Waals surface area contributed by atoms with E-state index in [-0.39, 0.29) is 0 Å². The molecule has 5 nitrogen and oxygen atoms in total. The molecule has 0 bridgehead atoms. The van der Waals surface area contributed by atoms with Crippen LogP contribution in [0.5, 0.6) is 0 Å². The minimum Gasteiger partial charge on any atom is -0.465 e. The molecule has 80 valence electrons. The maximum Gasteiger partial charge on any atom is 0.407 e. The second-order valence-corrected chi connectivity index (χ2v) is 3.95. The van der Waals surface area contributed by atoms with E-state index in [9.17, 15) is 4.79 Å². The molecule has 5 heteroatoms. The highest BCUT2D eigenvalue weighted by Gasteiger charge is 2.27. The molecule has 2 saturated heterocycles. The second-order valence-electron chi connectivity index (χ2n) is 3.95. The summed E-state index contributed by atoms with van der Waals surface area (Å²) < 4.78 is 0. The van der Waals surface area contributed by atoms with Gasteiger partial charge in [0, 0.05) is 38.8 Å². The lowest BCUT2D eigenvalue weighted by Crippen LogP contribution is -2.52. The van der Waals surface area contributed by atoms with Gasteiger partial charge in [-0.05, 0) is 13.0 Å². The highest BCUT2D eigenvalue weighted by atomic mass is 16.4. The highest BCUT2D eigenvalue weighted by molar-refractivity contribution is 5.65. The first-order chi connectivity index (χ1) is 6.77. The number of piperazine rings is 1. The van der Waals surface area contributed by atoms with Crippen molar-refractivity contribution < 1.29 is 9.90 Å². The zero-order chi connectivity index (χ0) is 9.97. The molecule has 1 amide bonds. The van der Waals surface area contributed by atoms with Crippen LogP contribution in [0.1, 0.15) is 6.42 Å². The van der Waals surface area contributed by atoms with Gasteiger partial charge in [-0.3, -0.25) is 4.90 Å². The largest absolute Gasteiger partial charge is 0.465 e. The van der Waals surface area contributed by atoms with Crippen LogP contribution in [0.3, 0.4) is 0 Å². The number of amides is 1. The Balaban J connectivity index is 1.80. The van der Waals surface area contributed by atoms with Crippen LogP contribution < -0.4 is 5.32 Å². The van der Waals surface area contributed by atoms with Gasteiger partial charge in [0.25, 0.3) is 0 Å². The molecule has 2 fully saturated rings. The Morgan fingerprint density at radius 1 is 1.29 bits per heavy atom. The minimum absolute atomic E-state index is 0.631. The van der Waals surface area contributed by atoms with E-state index in [0.29, 0.717) is 19.1 Å². The van der Waals surface area contributed by atoms with E-state index in [2.05, 4.69) is 10.2 Å². The van der Waals surface area contributed by atoms with Crippen molar-refractivity contribution >= 4 is 6.09 Å². The number of nitrogens with zero attached hydrogens (tertiary/aromatic N) is 2. The van der Waals surface area contributed by atoms with Gasteiger partial charge in [-0.15, -0.1) is 0 Å². The fourth-order valence-electron chi connectivity index (χ4n) is 2.23. The Bertz CT molecular complexity index is 208. The van der Waals surface area contributed by atoms with Crippen molar-refractivity contribution in [2.45, 2.75) is 12.5 Å². The fraction of sp³-hybridized carbons (Fsp3) is 0.889. The number of carboxylic acid groups (broad SMARTS) is 1. The molecule has 2 aliphatic heterocycles. The van der Waals surface area contributed by atoms with Crippen LogP contribution in [-0.4, -0.2) is 66.3 Å². The van der Waals surface area contributed by atoms with Crippen LogP contribution in [0.15, 0.2) is 0 Å². The standard InChI is InChI=1S/C9H17N3O2/c13-9(14)12-5-3-11(4-6-12)8-1-2-10-7-8/h8,10H,1-7H2,(H,13,14). The maximum absolute atomic E-state index is 10.7. The smallest absolute Gasteiger partial charge is 0.407 e. The summed E-state index contributed by atoms with van der Waals surface area (Å²) in [6.07, 6.45) is 0.418. The summed E-state index contributed by atoms with van der Waals surface area (Å²) in [6.45, 7) is 5.26. The van der Waals surface area contributed by atoms with Crippen molar-refractivity contribution in [3.05, 3.63) is 0 Å². The number of rotatable bonds is 1. The summed E-state index contributed by atoms with van der Waals surface area (Å²) >= 11 is 0. The van der Waals surface area contributed by atoms with E-state index in [1.54, 1.807) is 0 Å². The van der Waals surface area contributed by atoms with Gasteiger partial charge in [-0.2, -0.15) is 0 Å². The van der Waals surface area contributed by atoms with Crippen molar-refractivity contribution in [2.75, 3.05) is 39.3 Å². The number of nitrogens with one attached hydrogen (secondary N) is 1. The molecule has 0 spiro atoms. The Labute approximate surface area is 83.7 Å². The van der Waals surface area contributed by atoms with Gasteiger partial charge in [0.1, 0.15) is 0 Å². The molecule has 0 radical (unpaired) electrons. The van der Waals surface area contributed by atoms with Gasteiger partial charge in [0.15, 0.2) is 0 Å². The molecule has 0 aliphatic carbocycles. The molecule has 14 heavy (non-hydrogen) atoms. The maximum atomic E-state index is 10.7. The van der Waals surface area contributed by atoms with Crippen molar-refractivity contribution in [1.29, 1.82) is 0 Å². The van der Waals surface area contributed by atoms with E-state index < -0.39 is 6.09 Å². The van der Waals surface area contributed by atoms with Crippen LogP contribution in [-0.2, 0) is 0 Å². The fourth-order valence-corrected chi connectivity index (χ4v) is 2.23. The van der Waals surface area contributed by atoms with Crippen LogP contribution in [0, 0.1) is 0 Å². The predicted molar refractivity (Wildman–Crippen MR) is 52.4 cm³/mol. The lowest BCUT2D eigenvalue weighted by atomic mass is 10.2. The SMILES string of the molecule is O=C(O)N1CCN(C2CCNC2)CC1. The third-order valence-corrected chi connectivity index (χ3v) is 3.14. The first-order valence-electron chi connectivity index (χ1n) is 5.20. The number of hydrogen-bond acceptors (Lipinski definition) is 3. The summed E-state index contributed by atoms with van der Waals surface area (Å²) in [5, 5.41) is 12.1. The summed E-state index contributed by atoms with van der Waals surface area (Å²) in [4.78, 5) is 14.6. The molecule has 0 aromatic rings. The zero-order valence-electron chi connectivity index (χ0n) is 8.28. The van der Waals surface area contributed by atoms with Crippen LogP contribution in [0.4, 0.5) is 4.79 Å². The molecule has 2 heterocycles. The van der Waals surface area contributed by atoms with E-state index in [1.165, 1.54) is 11.3 Å². The normalized spacial score (nSPS) is 29.4. The Morgan fingerprint density at radius 2 is 2.00 bits per heavy atom. The van der Waals surface area contributed by atoms with Gasteiger partial charge in [0.2, 0.25) is 0 Å².